The van der Waals surface area contributed by atoms with Gasteiger partial charge in [-0.1, -0.05) is 0 Å². The van der Waals surface area contributed by atoms with Gasteiger partial charge in [-0.05, 0) is 42.9 Å². The molecule has 1 unspecified atom stereocenters. The van der Waals surface area contributed by atoms with Crippen molar-refractivity contribution in [3.63, 3.8) is 0 Å². The van der Waals surface area contributed by atoms with Gasteiger partial charge in [0.1, 0.15) is 0 Å². The van der Waals surface area contributed by atoms with Crippen LogP contribution < -0.4 is 10.6 Å². The third-order valence-electron chi connectivity index (χ3n) is 2.66. The predicted octanol–water partition coefficient (Wildman–Crippen LogP) is 3.21. The van der Waals surface area contributed by atoms with Crippen molar-refractivity contribution in [3.8, 4) is 0 Å². The highest BCUT2D eigenvalue weighted by Gasteiger charge is 2.29. The van der Waals surface area contributed by atoms with E-state index in [0.29, 0.717) is 18.7 Å². The van der Waals surface area contributed by atoms with Gasteiger partial charge in [-0.2, -0.15) is 13.2 Å². The van der Waals surface area contributed by atoms with E-state index in [4.69, 9.17) is 12.2 Å². The molecule has 1 atom stereocenters. The number of thiocarbonyl (C=S) groups is 1. The number of anilines is 1. The predicted molar refractivity (Wildman–Crippen MR) is 82.0 cm³/mol. The summed E-state index contributed by atoms with van der Waals surface area (Å²) in [5, 5.41) is 5.72. The highest BCUT2D eigenvalue weighted by Crippen LogP contribution is 2.40. The Kier molecular flexibility index (Phi) is 6.80. The number of halogens is 3. The highest BCUT2D eigenvalue weighted by atomic mass is 32.1. The second kappa shape index (κ2) is 7.92. The quantitative estimate of drug-likeness (QED) is 0.413. The number of hydrogen-bond donors (Lipinski definition) is 3. The molecule has 0 heterocycles. The highest BCUT2D eigenvalue weighted by molar-refractivity contribution is 7.80. The molecule has 5 nitrogen and oxygen atoms in total. The summed E-state index contributed by atoms with van der Waals surface area (Å²) in [5.74, 6) is 0. The molecule has 124 valence electrons. The van der Waals surface area contributed by atoms with Crippen molar-refractivity contribution in [2.75, 3.05) is 25.1 Å². The van der Waals surface area contributed by atoms with Crippen LogP contribution in [0.25, 0.3) is 0 Å². The van der Waals surface area contributed by atoms with E-state index >= 15 is 0 Å². The molecule has 1 aromatic carbocycles. The topological polar surface area (TPSA) is 70.6 Å². The minimum Gasteiger partial charge on any atom is -0.362 e. The summed E-state index contributed by atoms with van der Waals surface area (Å²) in [6.45, 7) is 0.334. The molecule has 0 aromatic heterocycles. The van der Waals surface area contributed by atoms with E-state index in [1.165, 1.54) is 12.1 Å². The first-order valence-corrected chi connectivity index (χ1v) is 8.41. The molecule has 10 heteroatoms. The molecule has 0 amide bonds. The lowest BCUT2D eigenvalue weighted by molar-refractivity contribution is -0.137. The summed E-state index contributed by atoms with van der Waals surface area (Å²) < 4.78 is 52.8. The van der Waals surface area contributed by atoms with Crippen LogP contribution in [0.4, 0.5) is 18.9 Å². The van der Waals surface area contributed by atoms with Gasteiger partial charge in [-0.3, -0.25) is 4.57 Å². The van der Waals surface area contributed by atoms with Crippen LogP contribution in [-0.2, 0) is 15.3 Å². The van der Waals surface area contributed by atoms with Crippen LogP contribution in [0, 0.1) is 0 Å². The molecule has 22 heavy (non-hydrogen) atoms. The van der Waals surface area contributed by atoms with Gasteiger partial charge in [0.05, 0.1) is 11.7 Å². The average molecular weight is 356 g/mol. The fourth-order valence-electron chi connectivity index (χ4n) is 1.49. The molecule has 0 spiro atoms. The van der Waals surface area contributed by atoms with Gasteiger partial charge in [0, 0.05) is 19.3 Å². The number of alkyl halides is 3. The van der Waals surface area contributed by atoms with Crippen molar-refractivity contribution >= 4 is 30.6 Å². The Morgan fingerprint density at radius 3 is 2.45 bits per heavy atom. The van der Waals surface area contributed by atoms with Gasteiger partial charge in [0.25, 0.3) is 0 Å². The molecular formula is C12H16F3N2O3PS. The first-order chi connectivity index (χ1) is 10.1. The van der Waals surface area contributed by atoms with Crippen LogP contribution in [0.3, 0.4) is 0 Å². The van der Waals surface area contributed by atoms with Gasteiger partial charge in [-0.25, -0.2) is 0 Å². The second-order valence-corrected chi connectivity index (χ2v) is 6.85. The molecule has 0 saturated heterocycles. The van der Waals surface area contributed by atoms with E-state index in [1.807, 2.05) is 0 Å². The summed E-state index contributed by atoms with van der Waals surface area (Å²) >= 11 is 4.97. The van der Waals surface area contributed by atoms with E-state index in [9.17, 15) is 22.6 Å². The zero-order chi connectivity index (χ0) is 16.8. The minimum absolute atomic E-state index is 0.0145. The first-order valence-electron chi connectivity index (χ1n) is 6.24. The van der Waals surface area contributed by atoms with E-state index in [-0.39, 0.29) is 11.3 Å². The van der Waals surface area contributed by atoms with Gasteiger partial charge in [-0.15, -0.1) is 0 Å². The molecule has 0 aliphatic heterocycles. The van der Waals surface area contributed by atoms with Crippen molar-refractivity contribution < 1.29 is 27.2 Å². The summed E-state index contributed by atoms with van der Waals surface area (Å²) in [7, 11) is -2.37. The van der Waals surface area contributed by atoms with Gasteiger partial charge in [0.2, 0.25) is 0 Å². The minimum atomic E-state index is -4.38. The maximum Gasteiger partial charge on any atom is 0.416 e. The molecule has 1 aromatic rings. The van der Waals surface area contributed by atoms with Crippen molar-refractivity contribution in [3.05, 3.63) is 29.8 Å². The summed E-state index contributed by atoms with van der Waals surface area (Å²) in [4.78, 5) is 9.18. The summed E-state index contributed by atoms with van der Waals surface area (Å²) in [6.07, 6.45) is -4.04. The van der Waals surface area contributed by atoms with Crippen LogP contribution in [-0.4, -0.2) is 29.8 Å². The van der Waals surface area contributed by atoms with Crippen molar-refractivity contribution in [1.29, 1.82) is 0 Å². The fraction of sp³-hybridized carbons (Fsp3) is 0.417. The Bertz CT molecular complexity index is 552. The smallest absolute Gasteiger partial charge is 0.362 e. The monoisotopic (exact) mass is 356 g/mol. The molecule has 0 bridgehead atoms. The van der Waals surface area contributed by atoms with E-state index in [0.717, 1.165) is 19.2 Å². The van der Waals surface area contributed by atoms with Gasteiger partial charge < -0.3 is 20.1 Å². The number of nitrogens with one attached hydrogen (secondary N) is 2. The molecule has 0 aliphatic carbocycles. The van der Waals surface area contributed by atoms with Crippen LogP contribution in [0.5, 0.6) is 0 Å². The van der Waals surface area contributed by atoms with Crippen LogP contribution >= 0.6 is 19.8 Å². The van der Waals surface area contributed by atoms with E-state index < -0.39 is 19.3 Å². The lowest BCUT2D eigenvalue weighted by Gasteiger charge is -2.12. The molecule has 0 saturated carbocycles. The fourth-order valence-corrected chi connectivity index (χ4v) is 2.45. The first kappa shape index (κ1) is 18.9. The lowest BCUT2D eigenvalue weighted by Crippen LogP contribution is -2.29. The third kappa shape index (κ3) is 6.74. The largest absolute Gasteiger partial charge is 0.416 e. The SMILES string of the molecule is COP(=O)(O)CCCNC(=S)Nc1ccc(C(F)(F)F)cc1. The third-order valence-corrected chi connectivity index (χ3v) is 4.36. The van der Waals surface area contributed by atoms with E-state index in [1.54, 1.807) is 0 Å². The molecule has 0 aliphatic rings. The Morgan fingerprint density at radius 2 is 1.95 bits per heavy atom. The van der Waals surface area contributed by atoms with Crippen molar-refractivity contribution in [1.82, 2.24) is 5.32 Å². The second-order valence-electron chi connectivity index (χ2n) is 4.35. The molecule has 3 N–H and O–H groups in total. The van der Waals surface area contributed by atoms with Gasteiger partial charge in [0.15, 0.2) is 5.11 Å². The maximum atomic E-state index is 12.4. The number of benzene rings is 1. The standard InChI is InChI=1S/C12H16F3N2O3PS/c1-20-21(18,19)8-2-7-16-11(22)17-10-5-3-9(4-6-10)12(13,14)15/h3-6H,2,7-8H2,1H3,(H,18,19)(H2,16,17,22). The normalized spacial score (nSPS) is 14.2. The maximum absolute atomic E-state index is 12.4. The Balaban J connectivity index is 2.38. The van der Waals surface area contributed by atoms with Crippen molar-refractivity contribution in [2.45, 2.75) is 12.6 Å². The van der Waals surface area contributed by atoms with Gasteiger partial charge >= 0.3 is 13.8 Å². The van der Waals surface area contributed by atoms with Crippen LogP contribution in [0.2, 0.25) is 0 Å². The van der Waals surface area contributed by atoms with E-state index in [2.05, 4.69) is 15.2 Å². The Morgan fingerprint density at radius 1 is 1.36 bits per heavy atom. The molecule has 0 radical (unpaired) electrons. The van der Waals surface area contributed by atoms with Crippen LogP contribution in [0.1, 0.15) is 12.0 Å². The molecule has 1 rings (SSSR count). The molecule has 0 fully saturated rings. The molecular weight excluding hydrogens is 340 g/mol. The zero-order valence-corrected chi connectivity index (χ0v) is 13.4. The summed E-state index contributed by atoms with van der Waals surface area (Å²) in [6, 6.07) is 4.43. The van der Waals surface area contributed by atoms with Crippen LogP contribution in [0.15, 0.2) is 24.3 Å². The van der Waals surface area contributed by atoms with Crippen molar-refractivity contribution in [2.24, 2.45) is 0 Å². The number of rotatable bonds is 6. The Labute approximate surface area is 131 Å². The summed E-state index contributed by atoms with van der Waals surface area (Å²) in [5.41, 5.74) is -0.328. The zero-order valence-electron chi connectivity index (χ0n) is 11.7. The Hall–Kier alpha value is -1.15. The number of hydrogen-bond acceptors (Lipinski definition) is 3. The lowest BCUT2D eigenvalue weighted by atomic mass is 10.2. The average Bonchev–Trinajstić information content (AvgIpc) is 2.43.